The van der Waals surface area contributed by atoms with Crippen LogP contribution in [0.25, 0.3) is 0 Å². The second-order valence-corrected chi connectivity index (χ2v) is 4.74. The summed E-state index contributed by atoms with van der Waals surface area (Å²) < 4.78 is 5.21. The number of hydrogen-bond donors (Lipinski definition) is 1. The largest absolute Gasteiger partial charge is 0.481 e. The number of hydrogen-bond acceptors (Lipinski definition) is 4. The third kappa shape index (κ3) is 1.49. The van der Waals surface area contributed by atoms with E-state index >= 15 is 0 Å². The number of carbonyl (C=O) groups is 1. The normalized spacial score (nSPS) is 34.4. The van der Waals surface area contributed by atoms with Crippen molar-refractivity contribution in [1.82, 2.24) is 10.1 Å². The molecule has 0 aromatic carbocycles. The Morgan fingerprint density at radius 2 is 2.29 bits per heavy atom. The molecule has 2 aliphatic carbocycles. The molecule has 1 aromatic heterocycles. The maximum Gasteiger partial charge on any atom is 0.307 e. The summed E-state index contributed by atoms with van der Waals surface area (Å²) in [5, 5.41) is 13.2. The van der Waals surface area contributed by atoms with Crippen LogP contribution in [0.15, 0.2) is 16.7 Å². The Hall–Kier alpha value is -1.65. The average molecular weight is 234 g/mol. The van der Waals surface area contributed by atoms with E-state index < -0.39 is 11.9 Å². The van der Waals surface area contributed by atoms with Gasteiger partial charge in [-0.05, 0) is 18.3 Å². The first-order chi connectivity index (χ1) is 8.20. The van der Waals surface area contributed by atoms with Gasteiger partial charge in [0.1, 0.15) is 0 Å². The van der Waals surface area contributed by atoms with Crippen molar-refractivity contribution in [3.63, 3.8) is 0 Å². The summed E-state index contributed by atoms with van der Waals surface area (Å²) in [6, 6.07) is 0. The molecule has 90 valence electrons. The number of aliphatic carboxylic acids is 1. The van der Waals surface area contributed by atoms with Crippen molar-refractivity contribution in [3.8, 4) is 0 Å². The summed E-state index contributed by atoms with van der Waals surface area (Å²) in [5.41, 5.74) is 0. The summed E-state index contributed by atoms with van der Waals surface area (Å²) in [6.45, 7) is 1.95. The number of aryl methyl sites for hydroxylation is 1. The molecule has 1 N–H and O–H groups in total. The summed E-state index contributed by atoms with van der Waals surface area (Å²) in [4.78, 5) is 15.6. The van der Waals surface area contributed by atoms with Gasteiger partial charge in [0, 0.05) is 6.42 Å². The van der Waals surface area contributed by atoms with Crippen molar-refractivity contribution in [2.24, 2.45) is 17.8 Å². The first-order valence-corrected chi connectivity index (χ1v) is 5.94. The molecule has 1 heterocycles. The Balaban J connectivity index is 1.95. The van der Waals surface area contributed by atoms with E-state index in [9.17, 15) is 9.90 Å². The standard InChI is InChI=1S/C12H14N2O3/c1-2-8-13-11(17-14-8)9-6-3-4-7(5-6)10(9)12(15)16/h3-4,6-7,9-10H,2,5H2,1H3,(H,15,16)/t6-,7-,9+,10+/m0/s1. The van der Waals surface area contributed by atoms with E-state index in [1.54, 1.807) is 0 Å². The summed E-state index contributed by atoms with van der Waals surface area (Å²) >= 11 is 0. The van der Waals surface area contributed by atoms with Crippen molar-refractivity contribution < 1.29 is 14.4 Å². The minimum absolute atomic E-state index is 0.125. The number of aromatic nitrogens is 2. The third-order valence-corrected chi connectivity index (χ3v) is 3.83. The highest BCUT2D eigenvalue weighted by Gasteiger charge is 2.51. The van der Waals surface area contributed by atoms with Gasteiger partial charge < -0.3 is 9.63 Å². The lowest BCUT2D eigenvalue weighted by Crippen LogP contribution is -2.26. The number of fused-ring (bicyclic) bond motifs is 2. The van der Waals surface area contributed by atoms with Crippen LogP contribution in [0.3, 0.4) is 0 Å². The average Bonchev–Trinajstić information content (AvgIpc) is 3.02. The van der Waals surface area contributed by atoms with Crippen molar-refractivity contribution in [3.05, 3.63) is 23.9 Å². The minimum atomic E-state index is -0.761. The fourth-order valence-corrected chi connectivity index (χ4v) is 3.04. The molecule has 4 atom stereocenters. The molecule has 0 spiro atoms. The topological polar surface area (TPSA) is 76.2 Å². The van der Waals surface area contributed by atoms with E-state index in [0.29, 0.717) is 18.1 Å². The number of allylic oxidation sites excluding steroid dienone is 2. The van der Waals surface area contributed by atoms with Crippen LogP contribution < -0.4 is 0 Å². The predicted molar refractivity (Wildman–Crippen MR) is 58.3 cm³/mol. The lowest BCUT2D eigenvalue weighted by molar-refractivity contribution is -0.143. The molecule has 1 aromatic rings. The Kier molecular flexibility index (Phi) is 2.28. The zero-order valence-corrected chi connectivity index (χ0v) is 9.54. The molecule has 1 saturated carbocycles. The molecule has 1 fully saturated rings. The Morgan fingerprint density at radius 1 is 1.53 bits per heavy atom. The molecule has 0 saturated heterocycles. The van der Waals surface area contributed by atoms with Gasteiger partial charge in [-0.2, -0.15) is 4.98 Å². The highest BCUT2D eigenvalue weighted by atomic mass is 16.5. The Morgan fingerprint density at radius 3 is 2.94 bits per heavy atom. The van der Waals surface area contributed by atoms with Gasteiger partial charge in [0.05, 0.1) is 11.8 Å². The number of carboxylic acids is 1. The highest BCUT2D eigenvalue weighted by molar-refractivity contribution is 5.73. The molecule has 2 bridgehead atoms. The van der Waals surface area contributed by atoms with Gasteiger partial charge in [0.15, 0.2) is 5.82 Å². The minimum Gasteiger partial charge on any atom is -0.481 e. The summed E-state index contributed by atoms with van der Waals surface area (Å²) in [5.74, 6) is 0.196. The monoisotopic (exact) mass is 234 g/mol. The zero-order valence-electron chi connectivity index (χ0n) is 9.54. The molecule has 17 heavy (non-hydrogen) atoms. The van der Waals surface area contributed by atoms with E-state index in [0.717, 1.165) is 6.42 Å². The first kappa shape index (κ1) is 10.5. The SMILES string of the molecule is CCc1noc([C@H]2[C@H](C(=O)O)[C@H]3C=C[C@H]2C3)n1. The smallest absolute Gasteiger partial charge is 0.307 e. The van der Waals surface area contributed by atoms with Gasteiger partial charge in [0.2, 0.25) is 5.89 Å². The van der Waals surface area contributed by atoms with Crippen molar-refractivity contribution in [2.45, 2.75) is 25.7 Å². The van der Waals surface area contributed by atoms with Crippen LogP contribution in [0, 0.1) is 17.8 Å². The van der Waals surface area contributed by atoms with Crippen molar-refractivity contribution in [1.29, 1.82) is 0 Å². The van der Waals surface area contributed by atoms with Crippen LogP contribution >= 0.6 is 0 Å². The van der Waals surface area contributed by atoms with Gasteiger partial charge in [-0.1, -0.05) is 24.2 Å². The molecule has 2 aliphatic rings. The van der Waals surface area contributed by atoms with Gasteiger partial charge in [-0.15, -0.1) is 0 Å². The number of nitrogens with zero attached hydrogens (tertiary/aromatic N) is 2. The van der Waals surface area contributed by atoms with Crippen LogP contribution in [-0.2, 0) is 11.2 Å². The van der Waals surface area contributed by atoms with Crippen molar-refractivity contribution >= 4 is 5.97 Å². The molecule has 0 radical (unpaired) electrons. The molecule has 0 unspecified atom stereocenters. The molecular weight excluding hydrogens is 220 g/mol. The maximum atomic E-state index is 11.3. The third-order valence-electron chi connectivity index (χ3n) is 3.83. The number of carboxylic acid groups (broad SMARTS) is 1. The predicted octanol–water partition coefficient (Wildman–Crippen LogP) is 1.62. The summed E-state index contributed by atoms with van der Waals surface area (Å²) in [6.07, 6.45) is 5.70. The second-order valence-electron chi connectivity index (χ2n) is 4.74. The molecule has 0 aliphatic heterocycles. The summed E-state index contributed by atoms with van der Waals surface area (Å²) in [7, 11) is 0. The Labute approximate surface area is 98.5 Å². The quantitative estimate of drug-likeness (QED) is 0.804. The fraction of sp³-hybridized carbons (Fsp3) is 0.583. The van der Waals surface area contributed by atoms with E-state index in [1.165, 1.54) is 0 Å². The highest BCUT2D eigenvalue weighted by Crippen LogP contribution is 2.52. The zero-order chi connectivity index (χ0) is 12.0. The lowest BCUT2D eigenvalue weighted by atomic mass is 9.83. The van der Waals surface area contributed by atoms with Gasteiger partial charge >= 0.3 is 5.97 Å². The van der Waals surface area contributed by atoms with Gasteiger partial charge in [-0.25, -0.2) is 0 Å². The van der Waals surface area contributed by atoms with Gasteiger partial charge in [-0.3, -0.25) is 4.79 Å². The van der Waals surface area contributed by atoms with Crippen LogP contribution in [0.1, 0.15) is 31.0 Å². The molecular formula is C12H14N2O3. The van der Waals surface area contributed by atoms with Crippen LogP contribution in [0.5, 0.6) is 0 Å². The molecule has 5 nitrogen and oxygen atoms in total. The maximum absolute atomic E-state index is 11.3. The van der Waals surface area contributed by atoms with E-state index in [2.05, 4.69) is 16.2 Å². The fourth-order valence-electron chi connectivity index (χ4n) is 3.04. The van der Waals surface area contributed by atoms with Gasteiger partial charge in [0.25, 0.3) is 0 Å². The van der Waals surface area contributed by atoms with Crippen LogP contribution in [0.2, 0.25) is 0 Å². The van der Waals surface area contributed by atoms with E-state index in [-0.39, 0.29) is 17.8 Å². The van der Waals surface area contributed by atoms with Crippen LogP contribution in [0.4, 0.5) is 0 Å². The van der Waals surface area contributed by atoms with E-state index in [1.807, 2.05) is 13.0 Å². The van der Waals surface area contributed by atoms with Crippen LogP contribution in [-0.4, -0.2) is 21.2 Å². The number of rotatable bonds is 3. The lowest BCUT2D eigenvalue weighted by Gasteiger charge is -2.20. The first-order valence-electron chi connectivity index (χ1n) is 5.94. The Bertz CT molecular complexity index is 480. The molecule has 3 rings (SSSR count). The van der Waals surface area contributed by atoms with E-state index in [4.69, 9.17) is 4.52 Å². The molecule has 0 amide bonds. The molecule has 5 heteroatoms. The second kappa shape index (κ2) is 3.68. The van der Waals surface area contributed by atoms with Crippen molar-refractivity contribution in [2.75, 3.05) is 0 Å².